The van der Waals surface area contributed by atoms with E-state index >= 15 is 0 Å². The topological polar surface area (TPSA) is 55.4 Å². The van der Waals surface area contributed by atoms with Crippen molar-refractivity contribution in [3.05, 3.63) is 40.4 Å². The fourth-order valence-corrected chi connectivity index (χ4v) is 1.80. The van der Waals surface area contributed by atoms with Crippen LogP contribution in [0, 0.1) is 6.92 Å². The minimum absolute atomic E-state index is 0.326. The summed E-state index contributed by atoms with van der Waals surface area (Å²) in [5.74, 6) is -0.902. The van der Waals surface area contributed by atoms with Crippen molar-refractivity contribution in [1.29, 1.82) is 0 Å². The molecule has 1 rings (SSSR count). The minimum Gasteiger partial charge on any atom is -0.449 e. The van der Waals surface area contributed by atoms with E-state index in [1.54, 1.807) is 12.1 Å². The first kappa shape index (κ1) is 18.2. The van der Waals surface area contributed by atoms with E-state index in [-0.39, 0.29) is 11.4 Å². The summed E-state index contributed by atoms with van der Waals surface area (Å²) in [6, 6.07) is 5.48. The van der Waals surface area contributed by atoms with Gasteiger partial charge in [-0.2, -0.15) is 0 Å². The Labute approximate surface area is 136 Å². The smallest absolute Gasteiger partial charge is 0.331 e. The summed E-state index contributed by atoms with van der Waals surface area (Å²) in [4.78, 5) is 23.5. The summed E-state index contributed by atoms with van der Waals surface area (Å²) in [5.41, 5.74) is 1.39. The van der Waals surface area contributed by atoms with Gasteiger partial charge in [-0.1, -0.05) is 23.7 Å². The number of hydrogen-bond donors (Lipinski definition) is 1. The number of nitrogens with one attached hydrogen (secondary N) is 1. The normalized spacial score (nSPS) is 13.0. The second-order valence-corrected chi connectivity index (χ2v) is 6.57. The van der Waals surface area contributed by atoms with Gasteiger partial charge in [-0.3, -0.25) is 4.79 Å². The number of amides is 1. The van der Waals surface area contributed by atoms with Crippen molar-refractivity contribution in [3.63, 3.8) is 0 Å². The van der Waals surface area contributed by atoms with E-state index < -0.39 is 12.1 Å². The predicted octanol–water partition coefficient (Wildman–Crippen LogP) is 3.51. The van der Waals surface area contributed by atoms with E-state index in [2.05, 4.69) is 5.32 Å². The molecule has 0 fully saturated rings. The van der Waals surface area contributed by atoms with Crippen LogP contribution in [0.3, 0.4) is 0 Å². The lowest BCUT2D eigenvalue weighted by Gasteiger charge is -2.22. The SMILES string of the molecule is Cc1ccc(/C=C/C(=O)O[C@@H](C)C(=O)NC(C)(C)C)cc1Cl. The summed E-state index contributed by atoms with van der Waals surface area (Å²) in [6.45, 7) is 9.02. The molecule has 4 nitrogen and oxygen atoms in total. The first-order chi connectivity index (χ1) is 10.1. The molecule has 0 aromatic heterocycles. The first-order valence-corrected chi connectivity index (χ1v) is 7.43. The van der Waals surface area contributed by atoms with Crippen molar-refractivity contribution < 1.29 is 14.3 Å². The third-order valence-electron chi connectivity index (χ3n) is 2.77. The highest BCUT2D eigenvalue weighted by molar-refractivity contribution is 6.31. The zero-order valence-electron chi connectivity index (χ0n) is 13.6. The summed E-state index contributed by atoms with van der Waals surface area (Å²) in [7, 11) is 0. The Morgan fingerprint density at radius 1 is 1.32 bits per heavy atom. The van der Waals surface area contributed by atoms with Gasteiger partial charge in [0.2, 0.25) is 0 Å². The van der Waals surface area contributed by atoms with Crippen LogP contribution >= 0.6 is 11.6 Å². The Balaban J connectivity index is 2.60. The third kappa shape index (κ3) is 6.31. The van der Waals surface area contributed by atoms with Crippen LogP contribution in [-0.4, -0.2) is 23.5 Å². The van der Waals surface area contributed by atoms with Crippen molar-refractivity contribution in [1.82, 2.24) is 5.32 Å². The Morgan fingerprint density at radius 3 is 2.50 bits per heavy atom. The molecule has 0 radical (unpaired) electrons. The lowest BCUT2D eigenvalue weighted by molar-refractivity contribution is -0.150. The van der Waals surface area contributed by atoms with Gasteiger partial charge in [-0.15, -0.1) is 0 Å². The maximum absolute atomic E-state index is 11.8. The van der Waals surface area contributed by atoms with E-state index in [0.29, 0.717) is 5.02 Å². The number of aryl methyl sites for hydroxylation is 1. The average Bonchev–Trinajstić information content (AvgIpc) is 2.38. The standard InChI is InChI=1S/C17H22ClNO3/c1-11-6-7-13(10-14(11)18)8-9-15(20)22-12(2)16(21)19-17(3,4)5/h6-10,12H,1-5H3,(H,19,21)/b9-8+/t12-/m0/s1. The fourth-order valence-electron chi connectivity index (χ4n) is 1.62. The molecule has 0 bridgehead atoms. The van der Waals surface area contributed by atoms with Gasteiger partial charge in [-0.05, 0) is 57.9 Å². The second kappa shape index (κ2) is 7.45. The molecule has 0 saturated carbocycles. The zero-order chi connectivity index (χ0) is 16.9. The van der Waals surface area contributed by atoms with Gasteiger partial charge in [0.05, 0.1) is 0 Å². The summed E-state index contributed by atoms with van der Waals surface area (Å²) in [5, 5.41) is 3.39. The van der Waals surface area contributed by atoms with Crippen molar-refractivity contribution in [3.8, 4) is 0 Å². The Kier molecular flexibility index (Phi) is 6.18. The molecule has 0 aliphatic rings. The van der Waals surface area contributed by atoms with Gasteiger partial charge < -0.3 is 10.1 Å². The Morgan fingerprint density at radius 2 is 1.95 bits per heavy atom. The molecule has 120 valence electrons. The van der Waals surface area contributed by atoms with Gasteiger partial charge in [0.25, 0.3) is 5.91 Å². The number of carbonyl (C=O) groups excluding carboxylic acids is 2. The van der Waals surface area contributed by atoms with Gasteiger partial charge in [0, 0.05) is 16.6 Å². The van der Waals surface area contributed by atoms with Crippen molar-refractivity contribution in [2.75, 3.05) is 0 Å². The number of benzene rings is 1. The summed E-state index contributed by atoms with van der Waals surface area (Å²) in [6.07, 6.45) is 2.03. The number of ether oxygens (including phenoxy) is 1. The highest BCUT2D eigenvalue weighted by Crippen LogP contribution is 2.17. The minimum atomic E-state index is -0.849. The molecule has 1 N–H and O–H groups in total. The lowest BCUT2D eigenvalue weighted by atomic mass is 10.1. The number of halogens is 1. The highest BCUT2D eigenvalue weighted by atomic mass is 35.5. The van der Waals surface area contributed by atoms with Crippen LogP contribution in [0.5, 0.6) is 0 Å². The molecule has 1 aromatic carbocycles. The van der Waals surface area contributed by atoms with Crippen molar-refractivity contribution in [2.24, 2.45) is 0 Å². The average molecular weight is 324 g/mol. The second-order valence-electron chi connectivity index (χ2n) is 6.16. The van der Waals surface area contributed by atoms with Crippen LogP contribution in [0.25, 0.3) is 6.08 Å². The molecule has 0 unspecified atom stereocenters. The van der Waals surface area contributed by atoms with E-state index in [1.807, 2.05) is 39.8 Å². The Hall–Kier alpha value is -1.81. The largest absolute Gasteiger partial charge is 0.449 e. The maximum Gasteiger partial charge on any atom is 0.331 e. The van der Waals surface area contributed by atoms with Crippen LogP contribution in [0.2, 0.25) is 5.02 Å². The third-order valence-corrected chi connectivity index (χ3v) is 3.18. The number of rotatable bonds is 4. The van der Waals surface area contributed by atoms with Crippen LogP contribution in [0.1, 0.15) is 38.8 Å². The number of esters is 1. The number of carbonyl (C=O) groups is 2. The molecule has 0 aliphatic carbocycles. The Bertz CT molecular complexity index is 588. The van der Waals surface area contributed by atoms with Crippen LogP contribution in [0.15, 0.2) is 24.3 Å². The molecule has 1 amide bonds. The van der Waals surface area contributed by atoms with Gasteiger partial charge >= 0.3 is 5.97 Å². The van der Waals surface area contributed by atoms with Gasteiger partial charge in [-0.25, -0.2) is 4.79 Å². The van der Waals surface area contributed by atoms with E-state index in [4.69, 9.17) is 16.3 Å². The van der Waals surface area contributed by atoms with Crippen molar-refractivity contribution >= 4 is 29.6 Å². The highest BCUT2D eigenvalue weighted by Gasteiger charge is 2.21. The molecular weight excluding hydrogens is 302 g/mol. The molecule has 1 aromatic rings. The quantitative estimate of drug-likeness (QED) is 0.681. The molecule has 0 heterocycles. The maximum atomic E-state index is 11.8. The fraction of sp³-hybridized carbons (Fsp3) is 0.412. The number of hydrogen-bond acceptors (Lipinski definition) is 3. The van der Waals surface area contributed by atoms with Crippen molar-refractivity contribution in [2.45, 2.75) is 46.3 Å². The van der Waals surface area contributed by atoms with E-state index in [0.717, 1.165) is 11.1 Å². The molecule has 0 spiro atoms. The molecule has 22 heavy (non-hydrogen) atoms. The van der Waals surface area contributed by atoms with Gasteiger partial charge in [0.1, 0.15) is 0 Å². The molecule has 5 heteroatoms. The summed E-state index contributed by atoms with van der Waals surface area (Å²) < 4.78 is 5.06. The van der Waals surface area contributed by atoms with Crippen LogP contribution < -0.4 is 5.32 Å². The monoisotopic (exact) mass is 323 g/mol. The molecule has 1 atom stereocenters. The first-order valence-electron chi connectivity index (χ1n) is 7.05. The van der Waals surface area contributed by atoms with Crippen LogP contribution in [0.4, 0.5) is 0 Å². The lowest BCUT2D eigenvalue weighted by Crippen LogP contribution is -2.46. The molecule has 0 saturated heterocycles. The van der Waals surface area contributed by atoms with E-state index in [9.17, 15) is 9.59 Å². The van der Waals surface area contributed by atoms with Crippen LogP contribution in [-0.2, 0) is 14.3 Å². The predicted molar refractivity (Wildman–Crippen MR) is 88.7 cm³/mol. The zero-order valence-corrected chi connectivity index (χ0v) is 14.3. The van der Waals surface area contributed by atoms with E-state index in [1.165, 1.54) is 13.0 Å². The van der Waals surface area contributed by atoms with Gasteiger partial charge in [0.15, 0.2) is 6.10 Å². The molecule has 0 aliphatic heterocycles. The molecular formula is C17H22ClNO3. The summed E-state index contributed by atoms with van der Waals surface area (Å²) >= 11 is 6.01.